The van der Waals surface area contributed by atoms with Gasteiger partial charge in [-0.25, -0.2) is 13.6 Å². The van der Waals surface area contributed by atoms with Gasteiger partial charge in [-0.15, -0.1) is 11.3 Å². The molecule has 2 aromatic carbocycles. The first-order chi connectivity index (χ1) is 14.3. The number of ether oxygens (including phenoxy) is 3. The van der Waals surface area contributed by atoms with Crippen molar-refractivity contribution in [3.8, 4) is 11.5 Å². The van der Waals surface area contributed by atoms with E-state index in [0.717, 1.165) is 23.5 Å². The Balaban J connectivity index is 2.08. The van der Waals surface area contributed by atoms with E-state index in [0.29, 0.717) is 26.4 Å². The van der Waals surface area contributed by atoms with Crippen molar-refractivity contribution in [2.45, 2.75) is 13.5 Å². The summed E-state index contributed by atoms with van der Waals surface area (Å²) in [5.74, 6) is -4.06. The lowest BCUT2D eigenvalue weighted by atomic mass is 10.1. The Labute approximate surface area is 179 Å². The Morgan fingerprint density at radius 2 is 1.87 bits per heavy atom. The molecule has 0 spiro atoms. The Hall–Kier alpha value is -2.91. The first kappa shape index (κ1) is 21.8. The van der Waals surface area contributed by atoms with Crippen LogP contribution in [-0.4, -0.2) is 25.6 Å². The molecule has 0 radical (unpaired) electrons. The molecule has 3 rings (SSSR count). The SMILES string of the molecule is CCOC(=O)c1sc2c(OC)ccc(Cl)c2c1COc1c(F)cc(C(N)=O)cc1F. The number of carbonyl (C=O) groups excluding carboxylic acids is 2. The van der Waals surface area contributed by atoms with Gasteiger partial charge in [0.15, 0.2) is 17.4 Å². The molecule has 3 aromatic rings. The predicted octanol–water partition coefficient (Wildman–Crippen LogP) is 4.70. The minimum absolute atomic E-state index is 0.135. The number of carbonyl (C=O) groups is 2. The van der Waals surface area contributed by atoms with Crippen molar-refractivity contribution in [1.29, 1.82) is 0 Å². The standard InChI is InChI=1S/C20H16ClF2NO5S/c1-3-28-20(26)17-10(15-11(21)4-5-14(27-2)18(15)30-17)8-29-16-12(22)6-9(19(24)25)7-13(16)23/h4-7H,3,8H2,1-2H3,(H2,24,25). The highest BCUT2D eigenvalue weighted by atomic mass is 35.5. The average molecular weight is 456 g/mol. The average Bonchev–Trinajstić information content (AvgIpc) is 3.08. The summed E-state index contributed by atoms with van der Waals surface area (Å²) in [5.41, 5.74) is 5.02. The summed E-state index contributed by atoms with van der Waals surface area (Å²) < 4.78 is 44.9. The Morgan fingerprint density at radius 3 is 2.43 bits per heavy atom. The van der Waals surface area contributed by atoms with E-state index in [1.807, 2.05) is 0 Å². The molecule has 0 aliphatic rings. The van der Waals surface area contributed by atoms with Crippen LogP contribution in [0, 0.1) is 11.6 Å². The zero-order valence-electron chi connectivity index (χ0n) is 15.9. The molecule has 0 atom stereocenters. The third-order valence-corrected chi connectivity index (χ3v) is 5.72. The van der Waals surface area contributed by atoms with Crippen LogP contribution in [0.1, 0.15) is 32.5 Å². The molecule has 6 nitrogen and oxygen atoms in total. The Morgan fingerprint density at radius 1 is 1.20 bits per heavy atom. The van der Waals surface area contributed by atoms with Gasteiger partial charge < -0.3 is 19.9 Å². The van der Waals surface area contributed by atoms with Crippen LogP contribution in [-0.2, 0) is 11.3 Å². The van der Waals surface area contributed by atoms with E-state index >= 15 is 0 Å². The van der Waals surface area contributed by atoms with Crippen LogP contribution in [0.2, 0.25) is 5.02 Å². The van der Waals surface area contributed by atoms with E-state index in [4.69, 9.17) is 31.5 Å². The largest absolute Gasteiger partial charge is 0.495 e. The van der Waals surface area contributed by atoms with Crippen molar-refractivity contribution in [2.24, 2.45) is 5.73 Å². The molecule has 0 saturated heterocycles. The fourth-order valence-electron chi connectivity index (χ4n) is 2.84. The second-order valence-corrected chi connectivity index (χ2v) is 7.43. The summed E-state index contributed by atoms with van der Waals surface area (Å²) in [7, 11) is 1.47. The van der Waals surface area contributed by atoms with Gasteiger partial charge in [-0.1, -0.05) is 11.6 Å². The number of amides is 1. The van der Waals surface area contributed by atoms with Crippen molar-refractivity contribution in [3.05, 3.63) is 56.9 Å². The monoisotopic (exact) mass is 455 g/mol. The number of hydrogen-bond acceptors (Lipinski definition) is 6. The van der Waals surface area contributed by atoms with E-state index in [9.17, 15) is 18.4 Å². The summed E-state index contributed by atoms with van der Waals surface area (Å²) >= 11 is 7.40. The molecule has 1 amide bonds. The van der Waals surface area contributed by atoms with E-state index in [2.05, 4.69) is 0 Å². The van der Waals surface area contributed by atoms with Crippen molar-refractivity contribution in [1.82, 2.24) is 0 Å². The van der Waals surface area contributed by atoms with E-state index in [1.165, 1.54) is 7.11 Å². The molecular weight excluding hydrogens is 440 g/mol. The highest BCUT2D eigenvalue weighted by molar-refractivity contribution is 7.21. The van der Waals surface area contributed by atoms with Crippen LogP contribution in [0.4, 0.5) is 8.78 Å². The van der Waals surface area contributed by atoms with Gasteiger partial charge in [0.1, 0.15) is 17.2 Å². The number of nitrogens with two attached hydrogens (primary N) is 1. The minimum Gasteiger partial charge on any atom is -0.495 e. The Bertz CT molecular complexity index is 1120. The fourth-order valence-corrected chi connectivity index (χ4v) is 4.39. The van der Waals surface area contributed by atoms with Gasteiger partial charge in [0.05, 0.1) is 18.4 Å². The van der Waals surface area contributed by atoms with E-state index < -0.39 is 29.3 Å². The summed E-state index contributed by atoms with van der Waals surface area (Å²) in [6.45, 7) is 1.40. The fraction of sp³-hybridized carbons (Fsp3) is 0.200. The summed E-state index contributed by atoms with van der Waals surface area (Å²) in [4.78, 5) is 23.8. The van der Waals surface area contributed by atoms with Gasteiger partial charge in [0.25, 0.3) is 0 Å². The molecule has 10 heteroatoms. The van der Waals surface area contributed by atoms with Crippen molar-refractivity contribution < 1.29 is 32.6 Å². The number of primary amides is 1. The van der Waals surface area contributed by atoms with Crippen LogP contribution in [0.3, 0.4) is 0 Å². The molecule has 0 bridgehead atoms. The molecule has 30 heavy (non-hydrogen) atoms. The van der Waals surface area contributed by atoms with Crippen LogP contribution >= 0.6 is 22.9 Å². The number of thiophene rings is 1. The zero-order valence-corrected chi connectivity index (χ0v) is 17.5. The first-order valence-electron chi connectivity index (χ1n) is 8.65. The third kappa shape index (κ3) is 4.03. The maximum Gasteiger partial charge on any atom is 0.348 e. The van der Waals surface area contributed by atoms with Crippen LogP contribution < -0.4 is 15.2 Å². The molecule has 0 aliphatic carbocycles. The molecule has 0 unspecified atom stereocenters. The van der Waals surface area contributed by atoms with Gasteiger partial charge in [-0.3, -0.25) is 4.79 Å². The van der Waals surface area contributed by atoms with Crippen molar-refractivity contribution in [2.75, 3.05) is 13.7 Å². The van der Waals surface area contributed by atoms with Gasteiger partial charge in [0, 0.05) is 21.5 Å². The number of benzene rings is 2. The van der Waals surface area contributed by atoms with Crippen LogP contribution in [0.5, 0.6) is 11.5 Å². The minimum atomic E-state index is -1.11. The highest BCUT2D eigenvalue weighted by Gasteiger charge is 2.25. The van der Waals surface area contributed by atoms with Gasteiger partial charge in [-0.2, -0.15) is 0 Å². The molecule has 1 heterocycles. The lowest BCUT2D eigenvalue weighted by molar-refractivity contribution is 0.0529. The molecule has 0 fully saturated rings. The lowest BCUT2D eigenvalue weighted by Crippen LogP contribution is -2.13. The summed E-state index contributed by atoms with van der Waals surface area (Å²) in [6.07, 6.45) is 0. The van der Waals surface area contributed by atoms with Gasteiger partial charge in [-0.05, 0) is 31.2 Å². The number of fused-ring (bicyclic) bond motifs is 1. The van der Waals surface area contributed by atoms with Crippen LogP contribution in [0.15, 0.2) is 24.3 Å². The second-order valence-electron chi connectivity index (χ2n) is 6.01. The van der Waals surface area contributed by atoms with Crippen molar-refractivity contribution >= 4 is 44.9 Å². The maximum atomic E-state index is 14.3. The zero-order chi connectivity index (χ0) is 22.0. The number of esters is 1. The number of hydrogen-bond donors (Lipinski definition) is 1. The number of methoxy groups -OCH3 is 1. The second kappa shape index (κ2) is 8.85. The summed E-state index contributed by atoms with van der Waals surface area (Å²) in [6, 6.07) is 4.77. The topological polar surface area (TPSA) is 87.8 Å². The molecular formula is C20H16ClF2NO5S. The number of halogens is 3. The highest BCUT2D eigenvalue weighted by Crippen LogP contribution is 2.42. The van der Waals surface area contributed by atoms with E-state index in [1.54, 1.807) is 19.1 Å². The van der Waals surface area contributed by atoms with Crippen molar-refractivity contribution in [3.63, 3.8) is 0 Å². The van der Waals surface area contributed by atoms with Gasteiger partial charge in [0.2, 0.25) is 5.91 Å². The molecule has 0 aliphatic heterocycles. The maximum absolute atomic E-state index is 14.3. The predicted molar refractivity (Wildman–Crippen MR) is 109 cm³/mol. The van der Waals surface area contributed by atoms with Gasteiger partial charge >= 0.3 is 5.97 Å². The quantitative estimate of drug-likeness (QED) is 0.522. The summed E-state index contributed by atoms with van der Waals surface area (Å²) in [5, 5.41) is 0.764. The van der Waals surface area contributed by atoms with Crippen LogP contribution in [0.25, 0.3) is 10.1 Å². The van der Waals surface area contributed by atoms with E-state index in [-0.39, 0.29) is 23.7 Å². The molecule has 0 saturated carbocycles. The molecule has 1 aromatic heterocycles. The first-order valence-corrected chi connectivity index (χ1v) is 9.84. The third-order valence-electron chi connectivity index (χ3n) is 4.18. The lowest BCUT2D eigenvalue weighted by Gasteiger charge is -2.11. The smallest absolute Gasteiger partial charge is 0.348 e. The molecule has 2 N–H and O–H groups in total. The molecule has 158 valence electrons. The normalized spacial score (nSPS) is 10.8. The Kier molecular flexibility index (Phi) is 6.42. The number of rotatable bonds is 7.